The number of hydrogen-bond acceptors (Lipinski definition) is 3. The molecule has 0 fully saturated rings. The molecule has 3 nitrogen and oxygen atoms in total. The Morgan fingerprint density at radius 3 is 3.00 bits per heavy atom. The van der Waals surface area contributed by atoms with Gasteiger partial charge < -0.3 is 15.1 Å². The first kappa shape index (κ1) is 6.42. The SMILES string of the molecule is Nc1cccc2oc(=S)[nH]c12. The average Bonchev–Trinajstić information content (AvgIpc) is 2.31. The van der Waals surface area contributed by atoms with Gasteiger partial charge in [0.25, 0.3) is 4.84 Å². The molecule has 3 N–H and O–H groups in total. The second kappa shape index (κ2) is 2.10. The van der Waals surface area contributed by atoms with E-state index in [-0.39, 0.29) is 0 Å². The minimum absolute atomic E-state index is 0.359. The molecule has 11 heavy (non-hydrogen) atoms. The maximum absolute atomic E-state index is 5.63. The van der Waals surface area contributed by atoms with Gasteiger partial charge in [-0.05, 0) is 24.4 Å². The second-order valence-corrected chi connectivity index (χ2v) is 2.61. The first-order valence-corrected chi connectivity index (χ1v) is 3.55. The number of rotatable bonds is 0. The third kappa shape index (κ3) is 0.914. The predicted molar refractivity (Wildman–Crippen MR) is 45.8 cm³/mol. The molecular weight excluding hydrogens is 160 g/mol. The lowest BCUT2D eigenvalue weighted by Crippen LogP contribution is -1.84. The van der Waals surface area contributed by atoms with Gasteiger partial charge >= 0.3 is 0 Å². The van der Waals surface area contributed by atoms with E-state index in [9.17, 15) is 0 Å². The summed E-state index contributed by atoms with van der Waals surface area (Å²) in [5.41, 5.74) is 7.77. The predicted octanol–water partition coefficient (Wildman–Crippen LogP) is 2.07. The van der Waals surface area contributed by atoms with Crippen LogP contribution in [0, 0.1) is 4.84 Å². The molecule has 0 unspecified atom stereocenters. The van der Waals surface area contributed by atoms with Crippen LogP contribution < -0.4 is 5.73 Å². The fraction of sp³-hybridized carbons (Fsp3) is 0. The zero-order chi connectivity index (χ0) is 7.84. The lowest BCUT2D eigenvalue weighted by Gasteiger charge is -1.90. The number of H-pyrrole nitrogens is 1. The van der Waals surface area contributed by atoms with Crippen LogP contribution in [-0.4, -0.2) is 4.98 Å². The number of aromatic nitrogens is 1. The van der Waals surface area contributed by atoms with Gasteiger partial charge in [0.2, 0.25) is 0 Å². The lowest BCUT2D eigenvalue weighted by atomic mass is 10.3. The summed E-state index contributed by atoms with van der Waals surface area (Å²) in [5.74, 6) is 0. The summed E-state index contributed by atoms with van der Waals surface area (Å²) < 4.78 is 5.13. The summed E-state index contributed by atoms with van der Waals surface area (Å²) in [6.45, 7) is 0. The van der Waals surface area contributed by atoms with Crippen molar-refractivity contribution in [3.63, 3.8) is 0 Å². The third-order valence-corrected chi connectivity index (χ3v) is 1.67. The maximum Gasteiger partial charge on any atom is 0.266 e. The number of benzene rings is 1. The highest BCUT2D eigenvalue weighted by Gasteiger charge is 1.99. The normalized spacial score (nSPS) is 10.5. The van der Waals surface area contributed by atoms with Crippen molar-refractivity contribution in [1.82, 2.24) is 4.98 Å². The molecule has 4 heteroatoms. The van der Waals surface area contributed by atoms with E-state index in [2.05, 4.69) is 4.98 Å². The highest BCUT2D eigenvalue weighted by Crippen LogP contribution is 2.18. The van der Waals surface area contributed by atoms with Crippen molar-refractivity contribution >= 4 is 29.0 Å². The minimum atomic E-state index is 0.359. The van der Waals surface area contributed by atoms with E-state index in [0.717, 1.165) is 5.52 Å². The highest BCUT2D eigenvalue weighted by atomic mass is 32.1. The number of oxazole rings is 1. The van der Waals surface area contributed by atoms with Crippen LogP contribution >= 0.6 is 12.2 Å². The number of nitrogens with one attached hydrogen (secondary N) is 1. The van der Waals surface area contributed by atoms with E-state index < -0.39 is 0 Å². The van der Waals surface area contributed by atoms with Gasteiger partial charge in [0.05, 0.1) is 5.69 Å². The molecule has 0 atom stereocenters. The van der Waals surface area contributed by atoms with Crippen molar-refractivity contribution in [2.24, 2.45) is 0 Å². The summed E-state index contributed by atoms with van der Waals surface area (Å²) in [5, 5.41) is 0. The largest absolute Gasteiger partial charge is 0.429 e. The third-order valence-electron chi connectivity index (χ3n) is 1.49. The standard InChI is InChI=1S/C7H6N2OS/c8-4-2-1-3-5-6(4)9-7(11)10-5/h1-3H,8H2,(H,9,11). The van der Waals surface area contributed by atoms with Gasteiger partial charge in [-0.1, -0.05) is 6.07 Å². The molecule has 0 radical (unpaired) electrons. The quantitative estimate of drug-likeness (QED) is 0.465. The highest BCUT2D eigenvalue weighted by molar-refractivity contribution is 7.71. The van der Waals surface area contributed by atoms with Crippen LogP contribution in [0.25, 0.3) is 11.1 Å². The van der Waals surface area contributed by atoms with Crippen LogP contribution in [0.2, 0.25) is 0 Å². The van der Waals surface area contributed by atoms with E-state index in [1.165, 1.54) is 0 Å². The van der Waals surface area contributed by atoms with Gasteiger partial charge in [-0.2, -0.15) is 0 Å². The van der Waals surface area contributed by atoms with Crippen LogP contribution in [0.4, 0.5) is 5.69 Å². The zero-order valence-corrected chi connectivity index (χ0v) is 6.44. The molecule has 0 aliphatic rings. The fourth-order valence-corrected chi connectivity index (χ4v) is 1.19. The first-order valence-electron chi connectivity index (χ1n) is 3.15. The van der Waals surface area contributed by atoms with E-state index >= 15 is 0 Å². The van der Waals surface area contributed by atoms with Gasteiger partial charge in [0.1, 0.15) is 5.52 Å². The smallest absolute Gasteiger partial charge is 0.266 e. The van der Waals surface area contributed by atoms with E-state index in [1.54, 1.807) is 6.07 Å². The molecule has 0 aliphatic carbocycles. The zero-order valence-electron chi connectivity index (χ0n) is 5.63. The fourth-order valence-electron chi connectivity index (χ4n) is 0.994. The topological polar surface area (TPSA) is 54.9 Å². The first-order chi connectivity index (χ1) is 5.27. The van der Waals surface area contributed by atoms with E-state index in [1.807, 2.05) is 12.1 Å². The lowest BCUT2D eigenvalue weighted by molar-refractivity contribution is 0.583. The molecule has 1 aromatic heterocycles. The monoisotopic (exact) mass is 166 g/mol. The van der Waals surface area contributed by atoms with Crippen molar-refractivity contribution in [3.05, 3.63) is 23.0 Å². The number of nitrogen functional groups attached to an aromatic ring is 1. The van der Waals surface area contributed by atoms with E-state index in [4.69, 9.17) is 22.4 Å². The van der Waals surface area contributed by atoms with Crippen LogP contribution in [0.3, 0.4) is 0 Å². The van der Waals surface area contributed by atoms with Crippen molar-refractivity contribution in [2.45, 2.75) is 0 Å². The Morgan fingerprint density at radius 2 is 2.27 bits per heavy atom. The Labute approximate surface area is 67.8 Å². The van der Waals surface area contributed by atoms with Gasteiger partial charge in [-0.3, -0.25) is 0 Å². The van der Waals surface area contributed by atoms with Gasteiger partial charge in [-0.15, -0.1) is 0 Å². The second-order valence-electron chi connectivity index (χ2n) is 2.23. The number of para-hydroxylation sites is 1. The molecular formula is C7H6N2OS. The molecule has 0 bridgehead atoms. The van der Waals surface area contributed by atoms with Gasteiger partial charge in [0, 0.05) is 0 Å². The van der Waals surface area contributed by atoms with Crippen molar-refractivity contribution in [1.29, 1.82) is 0 Å². The summed E-state index contributed by atoms with van der Waals surface area (Å²) in [7, 11) is 0. The van der Waals surface area contributed by atoms with Gasteiger partial charge in [0.15, 0.2) is 5.58 Å². The number of anilines is 1. The Kier molecular flexibility index (Phi) is 1.22. The summed E-state index contributed by atoms with van der Waals surface area (Å²) in [6, 6.07) is 5.44. The van der Waals surface area contributed by atoms with Crippen molar-refractivity contribution in [3.8, 4) is 0 Å². The molecule has 1 aromatic carbocycles. The number of hydrogen-bond donors (Lipinski definition) is 2. The van der Waals surface area contributed by atoms with Crippen LogP contribution in [0.1, 0.15) is 0 Å². The van der Waals surface area contributed by atoms with E-state index in [0.29, 0.717) is 16.1 Å². The summed E-state index contributed by atoms with van der Waals surface area (Å²) in [6.07, 6.45) is 0. The molecule has 56 valence electrons. The summed E-state index contributed by atoms with van der Waals surface area (Å²) in [4.78, 5) is 3.21. The van der Waals surface area contributed by atoms with Crippen LogP contribution in [0.5, 0.6) is 0 Å². The summed E-state index contributed by atoms with van der Waals surface area (Å²) >= 11 is 4.79. The molecule has 0 amide bonds. The molecule has 0 aliphatic heterocycles. The molecule has 0 saturated heterocycles. The minimum Gasteiger partial charge on any atom is -0.429 e. The maximum atomic E-state index is 5.63. The van der Waals surface area contributed by atoms with Crippen LogP contribution in [0.15, 0.2) is 22.6 Å². The Morgan fingerprint density at radius 1 is 1.45 bits per heavy atom. The number of fused-ring (bicyclic) bond motifs is 1. The van der Waals surface area contributed by atoms with Crippen LogP contribution in [-0.2, 0) is 0 Å². The van der Waals surface area contributed by atoms with Gasteiger partial charge in [-0.25, -0.2) is 0 Å². The van der Waals surface area contributed by atoms with Crippen molar-refractivity contribution < 1.29 is 4.42 Å². The average molecular weight is 166 g/mol. The molecule has 1 heterocycles. The molecule has 2 aromatic rings. The number of aromatic amines is 1. The molecule has 0 saturated carbocycles. The molecule has 0 spiro atoms. The Bertz CT molecular complexity index is 443. The number of nitrogens with two attached hydrogens (primary N) is 1. The van der Waals surface area contributed by atoms with Crippen molar-refractivity contribution in [2.75, 3.05) is 5.73 Å². The Hall–Kier alpha value is -1.29. The Balaban J connectivity index is 3.01. The molecule has 2 rings (SSSR count).